The molecule has 4 rings (SSSR count). The SMILES string of the molecule is Cc1cccc(N(Cc2ccccc2)C(=O)CSc2nnc(COc3ccc(F)cc3)n2N)c1. The highest BCUT2D eigenvalue weighted by Crippen LogP contribution is 2.23. The first kappa shape index (κ1) is 23.3. The monoisotopic (exact) mass is 477 g/mol. The highest BCUT2D eigenvalue weighted by atomic mass is 32.2. The van der Waals surface area contributed by atoms with Crippen molar-refractivity contribution in [2.24, 2.45) is 0 Å². The lowest BCUT2D eigenvalue weighted by Gasteiger charge is -2.23. The quantitative estimate of drug-likeness (QED) is 0.285. The molecule has 9 heteroatoms. The fourth-order valence-electron chi connectivity index (χ4n) is 3.27. The van der Waals surface area contributed by atoms with Crippen LogP contribution in [-0.2, 0) is 17.9 Å². The summed E-state index contributed by atoms with van der Waals surface area (Å²) < 4.78 is 19.9. The molecule has 0 unspecified atom stereocenters. The van der Waals surface area contributed by atoms with E-state index in [2.05, 4.69) is 10.2 Å². The molecule has 1 aromatic heterocycles. The summed E-state index contributed by atoms with van der Waals surface area (Å²) in [5.41, 5.74) is 2.94. The van der Waals surface area contributed by atoms with Crippen LogP contribution in [0.2, 0.25) is 0 Å². The first-order valence-electron chi connectivity index (χ1n) is 10.6. The van der Waals surface area contributed by atoms with E-state index in [0.29, 0.717) is 23.3 Å². The minimum absolute atomic E-state index is 0.0626. The van der Waals surface area contributed by atoms with Crippen LogP contribution in [0, 0.1) is 12.7 Å². The molecule has 0 radical (unpaired) electrons. The number of rotatable bonds is 9. The molecule has 174 valence electrons. The zero-order chi connectivity index (χ0) is 23.9. The van der Waals surface area contributed by atoms with Crippen LogP contribution in [-0.4, -0.2) is 26.5 Å². The predicted octanol–water partition coefficient (Wildman–Crippen LogP) is 4.34. The van der Waals surface area contributed by atoms with Gasteiger partial charge in [0.1, 0.15) is 18.2 Å². The Morgan fingerprint density at radius 3 is 2.56 bits per heavy atom. The molecule has 0 aliphatic rings. The third-order valence-electron chi connectivity index (χ3n) is 5.04. The van der Waals surface area contributed by atoms with Crippen molar-refractivity contribution in [3.05, 3.63) is 102 Å². The first-order valence-corrected chi connectivity index (χ1v) is 11.6. The number of hydrogen-bond acceptors (Lipinski definition) is 6. The van der Waals surface area contributed by atoms with E-state index in [1.165, 1.54) is 40.7 Å². The minimum atomic E-state index is -0.343. The number of ether oxygens (including phenoxy) is 1. The second-order valence-electron chi connectivity index (χ2n) is 7.60. The van der Waals surface area contributed by atoms with Crippen molar-refractivity contribution in [2.75, 3.05) is 16.5 Å². The van der Waals surface area contributed by atoms with Crippen LogP contribution in [0.5, 0.6) is 5.75 Å². The van der Waals surface area contributed by atoms with Gasteiger partial charge in [0.05, 0.1) is 12.3 Å². The van der Waals surface area contributed by atoms with Gasteiger partial charge in [-0.3, -0.25) is 4.79 Å². The number of anilines is 1. The van der Waals surface area contributed by atoms with Crippen LogP contribution in [0.25, 0.3) is 0 Å². The third-order valence-corrected chi connectivity index (χ3v) is 5.97. The van der Waals surface area contributed by atoms with Crippen molar-refractivity contribution >= 4 is 23.4 Å². The van der Waals surface area contributed by atoms with Gasteiger partial charge in [-0.2, -0.15) is 0 Å². The van der Waals surface area contributed by atoms with Crippen LogP contribution in [0.1, 0.15) is 17.0 Å². The van der Waals surface area contributed by atoms with Gasteiger partial charge in [0.2, 0.25) is 11.1 Å². The Balaban J connectivity index is 1.42. The number of halogens is 1. The molecule has 1 amide bonds. The summed E-state index contributed by atoms with van der Waals surface area (Å²) in [5, 5.41) is 8.53. The van der Waals surface area contributed by atoms with E-state index in [1.807, 2.05) is 61.5 Å². The van der Waals surface area contributed by atoms with Crippen molar-refractivity contribution < 1.29 is 13.9 Å². The number of carbonyl (C=O) groups excluding carboxylic acids is 1. The van der Waals surface area contributed by atoms with E-state index in [-0.39, 0.29) is 24.1 Å². The van der Waals surface area contributed by atoms with Crippen LogP contribution in [0.3, 0.4) is 0 Å². The smallest absolute Gasteiger partial charge is 0.237 e. The number of thioether (sulfide) groups is 1. The number of nitrogens with two attached hydrogens (primary N) is 1. The van der Waals surface area contributed by atoms with Gasteiger partial charge in [-0.1, -0.05) is 54.2 Å². The Morgan fingerprint density at radius 1 is 1.06 bits per heavy atom. The van der Waals surface area contributed by atoms with Crippen molar-refractivity contribution in [1.82, 2.24) is 14.9 Å². The van der Waals surface area contributed by atoms with E-state index >= 15 is 0 Å². The van der Waals surface area contributed by atoms with E-state index < -0.39 is 0 Å². The standard InChI is InChI=1S/C25H24FN5O2S/c1-18-6-5-9-21(14-18)30(15-19-7-3-2-4-8-19)24(32)17-34-25-29-28-23(31(25)27)16-33-22-12-10-20(26)11-13-22/h2-14H,15-17,27H2,1H3. The van der Waals surface area contributed by atoms with Crippen LogP contribution in [0.15, 0.2) is 84.0 Å². The van der Waals surface area contributed by atoms with Gasteiger partial charge < -0.3 is 15.5 Å². The zero-order valence-corrected chi connectivity index (χ0v) is 19.4. The normalized spacial score (nSPS) is 10.8. The molecule has 0 aliphatic carbocycles. The van der Waals surface area contributed by atoms with Gasteiger partial charge in [-0.15, -0.1) is 10.2 Å². The molecule has 7 nitrogen and oxygen atoms in total. The van der Waals surface area contributed by atoms with Gasteiger partial charge in [0, 0.05) is 5.69 Å². The van der Waals surface area contributed by atoms with Crippen LogP contribution >= 0.6 is 11.8 Å². The molecule has 0 spiro atoms. The first-order chi connectivity index (χ1) is 16.5. The molecule has 0 atom stereocenters. The van der Waals surface area contributed by atoms with Crippen molar-refractivity contribution in [3.63, 3.8) is 0 Å². The number of nitrogens with zero attached hydrogens (tertiary/aromatic N) is 4. The topological polar surface area (TPSA) is 86.3 Å². The van der Waals surface area contributed by atoms with Gasteiger partial charge in [0.25, 0.3) is 0 Å². The summed E-state index contributed by atoms with van der Waals surface area (Å²) in [4.78, 5) is 15.0. The van der Waals surface area contributed by atoms with Crippen molar-refractivity contribution in [3.8, 4) is 5.75 Å². The summed E-state index contributed by atoms with van der Waals surface area (Å²) in [7, 11) is 0. The number of benzene rings is 3. The average Bonchev–Trinajstić information content (AvgIpc) is 3.20. The Morgan fingerprint density at radius 2 is 1.82 bits per heavy atom. The maximum absolute atomic E-state index is 13.2. The number of aromatic nitrogens is 3. The summed E-state index contributed by atoms with van der Waals surface area (Å²) in [6.45, 7) is 2.51. The number of carbonyl (C=O) groups is 1. The molecule has 0 aliphatic heterocycles. The Kier molecular flexibility index (Phi) is 7.44. The molecule has 34 heavy (non-hydrogen) atoms. The Hall–Kier alpha value is -3.85. The second-order valence-corrected chi connectivity index (χ2v) is 8.55. The molecule has 0 saturated carbocycles. The lowest BCUT2D eigenvalue weighted by atomic mass is 10.1. The molecule has 0 bridgehead atoms. The van der Waals surface area contributed by atoms with E-state index in [9.17, 15) is 9.18 Å². The second kappa shape index (κ2) is 10.8. The molecule has 0 fully saturated rings. The van der Waals surface area contributed by atoms with Gasteiger partial charge in [-0.25, -0.2) is 9.07 Å². The van der Waals surface area contributed by atoms with Crippen molar-refractivity contribution in [1.29, 1.82) is 0 Å². The molecule has 0 saturated heterocycles. The molecule has 4 aromatic rings. The van der Waals surface area contributed by atoms with Crippen molar-refractivity contribution in [2.45, 2.75) is 25.2 Å². The number of amides is 1. The molecular formula is C25H24FN5O2S. The van der Waals surface area contributed by atoms with E-state index in [4.69, 9.17) is 10.6 Å². The van der Waals surface area contributed by atoms with Gasteiger partial charge in [0.15, 0.2) is 5.82 Å². The lowest BCUT2D eigenvalue weighted by Crippen LogP contribution is -2.32. The van der Waals surface area contributed by atoms with Crippen LogP contribution < -0.4 is 15.5 Å². The molecule has 1 heterocycles. The summed E-state index contributed by atoms with van der Waals surface area (Å²) >= 11 is 1.21. The Labute approximate surface area is 201 Å². The number of hydrogen-bond donors (Lipinski definition) is 1. The molecular weight excluding hydrogens is 453 g/mol. The summed E-state index contributed by atoms with van der Waals surface area (Å²) in [5.74, 6) is 6.71. The lowest BCUT2D eigenvalue weighted by molar-refractivity contribution is -0.116. The zero-order valence-electron chi connectivity index (χ0n) is 18.6. The fraction of sp³-hybridized carbons (Fsp3) is 0.160. The highest BCUT2D eigenvalue weighted by Gasteiger charge is 2.19. The average molecular weight is 478 g/mol. The maximum atomic E-state index is 13.2. The highest BCUT2D eigenvalue weighted by molar-refractivity contribution is 7.99. The summed E-state index contributed by atoms with van der Waals surface area (Å²) in [6, 6.07) is 23.4. The van der Waals surface area contributed by atoms with Gasteiger partial charge >= 0.3 is 0 Å². The number of aryl methyl sites for hydroxylation is 1. The summed E-state index contributed by atoms with van der Waals surface area (Å²) in [6.07, 6.45) is 0. The third kappa shape index (κ3) is 5.93. The van der Waals surface area contributed by atoms with Crippen LogP contribution in [0.4, 0.5) is 10.1 Å². The number of nitrogen functional groups attached to an aromatic ring is 1. The van der Waals surface area contributed by atoms with Gasteiger partial charge in [-0.05, 0) is 54.4 Å². The fourth-order valence-corrected chi connectivity index (χ4v) is 4.02. The largest absolute Gasteiger partial charge is 0.486 e. The Bertz CT molecular complexity index is 1250. The predicted molar refractivity (Wildman–Crippen MR) is 130 cm³/mol. The van der Waals surface area contributed by atoms with E-state index in [0.717, 1.165) is 16.8 Å². The maximum Gasteiger partial charge on any atom is 0.237 e. The van der Waals surface area contributed by atoms with E-state index in [1.54, 1.807) is 4.90 Å². The minimum Gasteiger partial charge on any atom is -0.486 e. The molecule has 2 N–H and O–H groups in total. The molecule has 3 aromatic carbocycles.